The minimum absolute atomic E-state index is 0.0114. The van der Waals surface area contributed by atoms with E-state index in [-0.39, 0.29) is 16.5 Å². The average molecular weight is 304 g/mol. The Kier molecular flexibility index (Phi) is 4.78. The lowest BCUT2D eigenvalue weighted by Crippen LogP contribution is -2.33. The molecule has 0 fully saturated rings. The summed E-state index contributed by atoms with van der Waals surface area (Å²) >= 11 is 0. The number of aryl methyl sites for hydroxylation is 1. The van der Waals surface area contributed by atoms with Gasteiger partial charge in [0.05, 0.1) is 16.7 Å². The van der Waals surface area contributed by atoms with Crippen molar-refractivity contribution in [2.24, 2.45) is 0 Å². The standard InChI is InChI=1S/C15H16N2O3S/c1-12(8-9-14-6-4-10-20-14)17-21(18,19)15-7-3-2-5-13(15)11-16/h2-7,10,12,17H,8-9H2,1H3. The first-order chi connectivity index (χ1) is 10.0. The fourth-order valence-corrected chi connectivity index (χ4v) is 3.43. The Hall–Kier alpha value is -2.10. The Balaban J connectivity index is 2.05. The molecule has 2 rings (SSSR count). The second-order valence-electron chi connectivity index (χ2n) is 4.75. The van der Waals surface area contributed by atoms with Gasteiger partial charge in [0.2, 0.25) is 10.0 Å². The lowest BCUT2D eigenvalue weighted by molar-refractivity contribution is 0.480. The highest BCUT2D eigenvalue weighted by atomic mass is 32.2. The van der Waals surface area contributed by atoms with Crippen molar-refractivity contribution in [3.05, 3.63) is 54.0 Å². The van der Waals surface area contributed by atoms with Gasteiger partial charge in [-0.1, -0.05) is 12.1 Å². The quantitative estimate of drug-likeness (QED) is 0.888. The van der Waals surface area contributed by atoms with Gasteiger partial charge in [-0.25, -0.2) is 13.1 Å². The topological polar surface area (TPSA) is 83.1 Å². The van der Waals surface area contributed by atoms with Crippen LogP contribution in [0.1, 0.15) is 24.7 Å². The van der Waals surface area contributed by atoms with Gasteiger partial charge < -0.3 is 4.42 Å². The highest BCUT2D eigenvalue weighted by Gasteiger charge is 2.20. The molecule has 0 spiro atoms. The second-order valence-corrected chi connectivity index (χ2v) is 6.43. The van der Waals surface area contributed by atoms with Crippen LogP contribution in [-0.2, 0) is 16.4 Å². The third-order valence-corrected chi connectivity index (χ3v) is 4.70. The Morgan fingerprint density at radius 3 is 2.71 bits per heavy atom. The lowest BCUT2D eigenvalue weighted by Gasteiger charge is -2.14. The average Bonchev–Trinajstić information content (AvgIpc) is 2.98. The molecule has 0 aliphatic rings. The Bertz CT molecular complexity index is 731. The van der Waals surface area contributed by atoms with Gasteiger partial charge in [-0.15, -0.1) is 0 Å². The summed E-state index contributed by atoms with van der Waals surface area (Å²) < 4.78 is 32.4. The summed E-state index contributed by atoms with van der Waals surface area (Å²) in [6.07, 6.45) is 2.85. The summed E-state index contributed by atoms with van der Waals surface area (Å²) in [5.41, 5.74) is 0.142. The van der Waals surface area contributed by atoms with Crippen LogP contribution < -0.4 is 4.72 Å². The van der Waals surface area contributed by atoms with E-state index in [0.717, 1.165) is 5.76 Å². The summed E-state index contributed by atoms with van der Waals surface area (Å²) in [7, 11) is -3.70. The molecule has 0 saturated carbocycles. The molecule has 1 atom stereocenters. The first-order valence-electron chi connectivity index (χ1n) is 6.57. The number of benzene rings is 1. The van der Waals surface area contributed by atoms with Crippen molar-refractivity contribution in [1.29, 1.82) is 5.26 Å². The number of furan rings is 1. The zero-order valence-electron chi connectivity index (χ0n) is 11.6. The number of hydrogen-bond acceptors (Lipinski definition) is 4. The van der Waals surface area contributed by atoms with Gasteiger partial charge in [-0.05, 0) is 37.6 Å². The van der Waals surface area contributed by atoms with Gasteiger partial charge in [0.15, 0.2) is 0 Å². The predicted octanol–water partition coefficient (Wildman–Crippen LogP) is 2.45. The summed E-state index contributed by atoms with van der Waals surface area (Å²) in [6.45, 7) is 1.79. The van der Waals surface area contributed by atoms with Crippen LogP contribution in [0.5, 0.6) is 0 Å². The maximum Gasteiger partial charge on any atom is 0.242 e. The number of nitrogens with zero attached hydrogens (tertiary/aromatic N) is 1. The predicted molar refractivity (Wildman–Crippen MR) is 78.0 cm³/mol. The van der Waals surface area contributed by atoms with Crippen LogP contribution in [0.15, 0.2) is 52.0 Å². The third-order valence-electron chi connectivity index (χ3n) is 3.06. The molecule has 1 unspecified atom stereocenters. The largest absolute Gasteiger partial charge is 0.469 e. The van der Waals surface area contributed by atoms with Crippen LogP contribution in [-0.4, -0.2) is 14.5 Å². The van der Waals surface area contributed by atoms with Gasteiger partial charge >= 0.3 is 0 Å². The maximum atomic E-state index is 12.3. The van der Waals surface area contributed by atoms with E-state index < -0.39 is 10.0 Å². The van der Waals surface area contributed by atoms with Crippen molar-refractivity contribution >= 4 is 10.0 Å². The van der Waals surface area contributed by atoms with Crippen molar-refractivity contribution in [1.82, 2.24) is 4.72 Å². The van der Waals surface area contributed by atoms with Crippen LogP contribution in [0.2, 0.25) is 0 Å². The van der Waals surface area contributed by atoms with Gasteiger partial charge in [0, 0.05) is 12.5 Å². The maximum absolute atomic E-state index is 12.3. The zero-order chi connectivity index (χ0) is 15.3. The van der Waals surface area contributed by atoms with Crippen LogP contribution >= 0.6 is 0 Å². The Morgan fingerprint density at radius 2 is 2.05 bits per heavy atom. The molecule has 1 N–H and O–H groups in total. The number of rotatable bonds is 6. The molecule has 0 amide bonds. The van der Waals surface area contributed by atoms with Crippen LogP contribution in [0.25, 0.3) is 0 Å². The van der Waals surface area contributed by atoms with E-state index in [9.17, 15) is 8.42 Å². The van der Waals surface area contributed by atoms with Crippen molar-refractivity contribution in [3.63, 3.8) is 0 Å². The number of nitriles is 1. The minimum Gasteiger partial charge on any atom is -0.469 e. The second kappa shape index (κ2) is 6.57. The SMILES string of the molecule is CC(CCc1ccco1)NS(=O)(=O)c1ccccc1C#N. The Labute approximate surface area is 124 Å². The number of nitrogens with one attached hydrogen (secondary N) is 1. The zero-order valence-corrected chi connectivity index (χ0v) is 12.4. The van der Waals surface area contributed by atoms with Gasteiger partial charge in [0.25, 0.3) is 0 Å². The van der Waals surface area contributed by atoms with E-state index >= 15 is 0 Å². The first kappa shape index (κ1) is 15.3. The highest BCUT2D eigenvalue weighted by molar-refractivity contribution is 7.89. The van der Waals surface area contributed by atoms with E-state index in [1.54, 1.807) is 31.4 Å². The van der Waals surface area contributed by atoms with Crippen LogP contribution in [0.4, 0.5) is 0 Å². The fourth-order valence-electron chi connectivity index (χ4n) is 1.99. The monoisotopic (exact) mass is 304 g/mol. The van der Waals surface area contributed by atoms with Crippen molar-refractivity contribution in [2.45, 2.75) is 30.7 Å². The smallest absolute Gasteiger partial charge is 0.242 e. The van der Waals surface area contributed by atoms with Crippen molar-refractivity contribution in [2.75, 3.05) is 0 Å². The molecule has 2 aromatic rings. The van der Waals surface area contributed by atoms with Crippen molar-refractivity contribution < 1.29 is 12.8 Å². The lowest BCUT2D eigenvalue weighted by atomic mass is 10.2. The molecule has 1 aromatic heterocycles. The molecule has 0 saturated heterocycles. The van der Waals surface area contributed by atoms with Gasteiger partial charge in [-0.3, -0.25) is 0 Å². The van der Waals surface area contributed by atoms with E-state index in [0.29, 0.717) is 12.8 Å². The molecule has 1 heterocycles. The molecule has 0 bridgehead atoms. The molecule has 0 aliphatic heterocycles. The normalized spacial score (nSPS) is 12.8. The fraction of sp³-hybridized carbons (Fsp3) is 0.267. The molecule has 6 heteroatoms. The van der Waals surface area contributed by atoms with E-state index in [4.69, 9.17) is 9.68 Å². The molecular weight excluding hydrogens is 288 g/mol. The summed E-state index contributed by atoms with van der Waals surface area (Å²) in [5, 5.41) is 8.99. The molecule has 1 aromatic carbocycles. The number of hydrogen-bond donors (Lipinski definition) is 1. The summed E-state index contributed by atoms with van der Waals surface area (Å²) in [5.74, 6) is 0.818. The van der Waals surface area contributed by atoms with E-state index in [1.165, 1.54) is 12.1 Å². The first-order valence-corrected chi connectivity index (χ1v) is 8.05. The summed E-state index contributed by atoms with van der Waals surface area (Å²) in [6, 6.07) is 11.4. The van der Waals surface area contributed by atoms with Gasteiger partial charge in [-0.2, -0.15) is 5.26 Å². The van der Waals surface area contributed by atoms with E-state index in [1.807, 2.05) is 12.1 Å². The highest BCUT2D eigenvalue weighted by Crippen LogP contribution is 2.15. The molecule has 0 radical (unpaired) electrons. The molecular formula is C15H16N2O3S. The third kappa shape index (κ3) is 3.94. The molecule has 21 heavy (non-hydrogen) atoms. The Morgan fingerprint density at radius 1 is 1.29 bits per heavy atom. The molecule has 5 nitrogen and oxygen atoms in total. The summed E-state index contributed by atoms with van der Waals surface area (Å²) in [4.78, 5) is 0.0114. The van der Waals surface area contributed by atoms with Crippen LogP contribution in [0.3, 0.4) is 0 Å². The minimum atomic E-state index is -3.70. The van der Waals surface area contributed by atoms with Gasteiger partial charge in [0.1, 0.15) is 11.8 Å². The van der Waals surface area contributed by atoms with E-state index in [2.05, 4.69) is 4.72 Å². The molecule has 0 aliphatic carbocycles. The molecule has 110 valence electrons. The van der Waals surface area contributed by atoms with Crippen LogP contribution in [0, 0.1) is 11.3 Å². The van der Waals surface area contributed by atoms with Crippen molar-refractivity contribution in [3.8, 4) is 6.07 Å². The number of sulfonamides is 1.